The lowest BCUT2D eigenvalue weighted by Gasteiger charge is -2.26. The highest BCUT2D eigenvalue weighted by atomic mass is 32.2. The quantitative estimate of drug-likeness (QED) is 0.735. The van der Waals surface area contributed by atoms with E-state index in [9.17, 15) is 5.11 Å². The largest absolute Gasteiger partial charge is 0.395 e. The lowest BCUT2D eigenvalue weighted by atomic mass is 9.91. The van der Waals surface area contributed by atoms with Crippen LogP contribution in [0.4, 0.5) is 0 Å². The molecule has 17 heavy (non-hydrogen) atoms. The average Bonchev–Trinajstić information content (AvgIpc) is 3.12. The van der Waals surface area contributed by atoms with Gasteiger partial charge in [0.15, 0.2) is 0 Å². The zero-order valence-electron chi connectivity index (χ0n) is 11.0. The van der Waals surface area contributed by atoms with Gasteiger partial charge in [-0.1, -0.05) is 19.8 Å². The summed E-state index contributed by atoms with van der Waals surface area (Å²) in [7, 11) is 0. The fraction of sp³-hybridized carbons (Fsp3) is 1.00. The van der Waals surface area contributed by atoms with Gasteiger partial charge in [0.05, 0.1) is 6.61 Å². The van der Waals surface area contributed by atoms with Crippen LogP contribution < -0.4 is 5.32 Å². The number of nitrogens with one attached hydrogen (secondary N) is 1. The van der Waals surface area contributed by atoms with E-state index in [1.807, 2.05) is 0 Å². The molecule has 3 atom stereocenters. The third kappa shape index (κ3) is 5.19. The minimum absolute atomic E-state index is 0.304. The van der Waals surface area contributed by atoms with E-state index in [1.54, 1.807) is 0 Å². The van der Waals surface area contributed by atoms with Crippen LogP contribution in [0.2, 0.25) is 0 Å². The Morgan fingerprint density at radius 1 is 1.29 bits per heavy atom. The highest BCUT2D eigenvalue weighted by molar-refractivity contribution is 7.99. The summed E-state index contributed by atoms with van der Waals surface area (Å²) in [6, 6.07) is 1.06. The maximum Gasteiger partial charge on any atom is 0.0585 e. The van der Waals surface area contributed by atoms with Crippen LogP contribution in [0.1, 0.15) is 51.9 Å². The second-order valence-electron chi connectivity index (χ2n) is 5.87. The molecule has 2 N–H and O–H groups in total. The molecule has 0 saturated heterocycles. The Morgan fingerprint density at radius 3 is 2.76 bits per heavy atom. The Kier molecular flexibility index (Phi) is 5.64. The Bertz CT molecular complexity index is 216. The molecule has 0 aromatic carbocycles. The van der Waals surface area contributed by atoms with Crippen molar-refractivity contribution in [1.82, 2.24) is 5.32 Å². The molecular weight excluding hydrogens is 230 g/mol. The third-order valence-electron chi connectivity index (χ3n) is 3.98. The molecule has 2 aliphatic carbocycles. The summed E-state index contributed by atoms with van der Waals surface area (Å²) >= 11 is 2.14. The molecule has 3 heteroatoms. The highest BCUT2D eigenvalue weighted by Crippen LogP contribution is 2.32. The van der Waals surface area contributed by atoms with Crippen molar-refractivity contribution in [3.05, 3.63) is 0 Å². The fourth-order valence-corrected chi connectivity index (χ4v) is 4.27. The van der Waals surface area contributed by atoms with Crippen molar-refractivity contribution >= 4 is 11.8 Å². The van der Waals surface area contributed by atoms with Crippen molar-refractivity contribution in [2.75, 3.05) is 12.4 Å². The first-order valence-corrected chi connectivity index (χ1v) is 8.31. The molecule has 2 rings (SSSR count). The molecule has 0 heterocycles. The monoisotopic (exact) mass is 257 g/mol. The summed E-state index contributed by atoms with van der Waals surface area (Å²) in [5.41, 5.74) is 0. The molecule has 0 bridgehead atoms. The van der Waals surface area contributed by atoms with Gasteiger partial charge in [0.2, 0.25) is 0 Å². The third-order valence-corrected chi connectivity index (χ3v) is 5.35. The normalized spacial score (nSPS) is 31.4. The number of aliphatic hydroxyl groups excluding tert-OH is 1. The second-order valence-corrected chi connectivity index (χ2v) is 7.28. The van der Waals surface area contributed by atoms with E-state index in [0.717, 1.165) is 17.6 Å². The predicted octanol–water partition coefficient (Wildman–Crippen LogP) is 2.80. The molecule has 2 fully saturated rings. The first kappa shape index (κ1) is 13.7. The molecule has 2 nitrogen and oxygen atoms in total. The van der Waals surface area contributed by atoms with Crippen molar-refractivity contribution in [3.8, 4) is 0 Å². The van der Waals surface area contributed by atoms with Gasteiger partial charge >= 0.3 is 0 Å². The Labute approximate surface area is 110 Å². The van der Waals surface area contributed by atoms with Crippen molar-refractivity contribution < 1.29 is 5.11 Å². The number of thioether (sulfide) groups is 1. The van der Waals surface area contributed by atoms with Gasteiger partial charge in [0.1, 0.15) is 0 Å². The fourth-order valence-electron chi connectivity index (χ4n) is 2.72. The van der Waals surface area contributed by atoms with Crippen LogP contribution in [0.25, 0.3) is 0 Å². The molecule has 0 aliphatic heterocycles. The molecule has 0 amide bonds. The van der Waals surface area contributed by atoms with E-state index in [2.05, 4.69) is 24.0 Å². The molecular formula is C14H27NOS. The van der Waals surface area contributed by atoms with Crippen LogP contribution in [0.5, 0.6) is 0 Å². The van der Waals surface area contributed by atoms with Crippen LogP contribution in [0, 0.1) is 5.92 Å². The van der Waals surface area contributed by atoms with Gasteiger partial charge in [-0.2, -0.15) is 11.8 Å². The standard InChI is InChI=1S/C14H27NOS/c1-11-3-2-4-14(9-11)17-8-7-13(10-16)15-12-5-6-12/h11-16H,2-10H2,1H3. The minimum Gasteiger partial charge on any atom is -0.395 e. The molecule has 0 radical (unpaired) electrons. The number of hydrogen-bond acceptors (Lipinski definition) is 3. The molecule has 100 valence electrons. The first-order chi connectivity index (χ1) is 8.28. The first-order valence-electron chi connectivity index (χ1n) is 7.26. The van der Waals surface area contributed by atoms with Crippen molar-refractivity contribution in [2.45, 2.75) is 69.2 Å². The van der Waals surface area contributed by atoms with E-state index in [1.165, 1.54) is 44.3 Å². The molecule has 0 aromatic rings. The maximum atomic E-state index is 9.31. The smallest absolute Gasteiger partial charge is 0.0585 e. The van der Waals surface area contributed by atoms with Crippen molar-refractivity contribution in [3.63, 3.8) is 0 Å². The summed E-state index contributed by atoms with van der Waals surface area (Å²) < 4.78 is 0. The molecule has 3 unspecified atom stereocenters. The second kappa shape index (κ2) is 7.01. The lowest BCUT2D eigenvalue weighted by molar-refractivity contribution is 0.238. The zero-order chi connectivity index (χ0) is 12.1. The minimum atomic E-state index is 0.304. The average molecular weight is 257 g/mol. The van der Waals surface area contributed by atoms with E-state index < -0.39 is 0 Å². The Hall–Kier alpha value is 0.270. The highest BCUT2D eigenvalue weighted by Gasteiger charge is 2.24. The Morgan fingerprint density at radius 2 is 2.12 bits per heavy atom. The van der Waals surface area contributed by atoms with Crippen LogP contribution in [-0.4, -0.2) is 34.8 Å². The van der Waals surface area contributed by atoms with Gasteiger partial charge < -0.3 is 10.4 Å². The lowest BCUT2D eigenvalue weighted by Crippen LogP contribution is -2.34. The molecule has 2 saturated carbocycles. The SMILES string of the molecule is CC1CCCC(SCCC(CO)NC2CC2)C1. The summed E-state index contributed by atoms with van der Waals surface area (Å²) in [6.07, 6.45) is 9.41. The summed E-state index contributed by atoms with van der Waals surface area (Å²) in [4.78, 5) is 0. The summed E-state index contributed by atoms with van der Waals surface area (Å²) in [5.74, 6) is 2.14. The van der Waals surface area contributed by atoms with Crippen molar-refractivity contribution in [1.29, 1.82) is 0 Å². The summed E-state index contributed by atoms with van der Waals surface area (Å²) in [5, 5.41) is 13.7. The van der Waals surface area contributed by atoms with Gasteiger partial charge in [-0.05, 0) is 43.8 Å². The van der Waals surface area contributed by atoms with Crippen LogP contribution in [0.3, 0.4) is 0 Å². The molecule has 2 aliphatic rings. The van der Waals surface area contributed by atoms with Gasteiger partial charge in [0.25, 0.3) is 0 Å². The van der Waals surface area contributed by atoms with Crippen LogP contribution in [0.15, 0.2) is 0 Å². The Balaban J connectivity index is 1.56. The van der Waals surface area contributed by atoms with Gasteiger partial charge in [-0.3, -0.25) is 0 Å². The van der Waals surface area contributed by atoms with E-state index in [0.29, 0.717) is 18.7 Å². The number of rotatable bonds is 7. The molecule has 0 spiro atoms. The van der Waals surface area contributed by atoms with Gasteiger partial charge in [-0.15, -0.1) is 0 Å². The maximum absolute atomic E-state index is 9.31. The van der Waals surface area contributed by atoms with Crippen LogP contribution >= 0.6 is 11.8 Å². The van der Waals surface area contributed by atoms with Gasteiger partial charge in [-0.25, -0.2) is 0 Å². The summed E-state index contributed by atoms with van der Waals surface area (Å²) in [6.45, 7) is 2.69. The van der Waals surface area contributed by atoms with Crippen molar-refractivity contribution in [2.24, 2.45) is 5.92 Å². The van der Waals surface area contributed by atoms with E-state index >= 15 is 0 Å². The van der Waals surface area contributed by atoms with Crippen LogP contribution in [-0.2, 0) is 0 Å². The number of aliphatic hydroxyl groups is 1. The number of hydrogen-bond donors (Lipinski definition) is 2. The van der Waals surface area contributed by atoms with E-state index in [4.69, 9.17) is 0 Å². The van der Waals surface area contributed by atoms with Gasteiger partial charge in [0, 0.05) is 17.3 Å². The zero-order valence-corrected chi connectivity index (χ0v) is 11.8. The van der Waals surface area contributed by atoms with E-state index in [-0.39, 0.29) is 0 Å². The predicted molar refractivity (Wildman–Crippen MR) is 75.5 cm³/mol. The molecule has 0 aromatic heterocycles. The topological polar surface area (TPSA) is 32.3 Å².